The van der Waals surface area contributed by atoms with Crippen molar-refractivity contribution in [3.8, 4) is 0 Å². The number of pyridine rings is 1. The zero-order valence-corrected chi connectivity index (χ0v) is 20.2. The molecule has 3 N–H and O–H groups in total. The van der Waals surface area contributed by atoms with Gasteiger partial charge in [-0.15, -0.1) is 0 Å². The number of anilines is 1. The van der Waals surface area contributed by atoms with Gasteiger partial charge in [0, 0.05) is 38.0 Å². The van der Waals surface area contributed by atoms with Crippen LogP contribution in [0, 0.1) is 5.92 Å². The number of hydrogen-bond acceptors (Lipinski definition) is 8. The van der Waals surface area contributed by atoms with E-state index in [4.69, 9.17) is 20.2 Å². The molecule has 2 aromatic rings. The van der Waals surface area contributed by atoms with Crippen molar-refractivity contribution in [3.63, 3.8) is 0 Å². The van der Waals surface area contributed by atoms with Crippen LogP contribution in [0.3, 0.4) is 0 Å². The molecule has 0 spiro atoms. The second-order valence-electron chi connectivity index (χ2n) is 10.1. The largest absolute Gasteiger partial charge is 0.444 e. The highest BCUT2D eigenvalue weighted by atomic mass is 16.6. The average molecular weight is 471 g/mol. The molecule has 0 aliphatic carbocycles. The summed E-state index contributed by atoms with van der Waals surface area (Å²) in [6.45, 7) is 8.20. The standard InChI is InChI=1S/C24H34N6O4/c1-24(2,3)34-23(32)30-8-4-5-16(13-30)29-22-20-19(26-14-27-22)18(21(25)31)12-17(28-20)11-15-6-9-33-10-7-15/h12,14-16H,4-11,13H2,1-3H3,(H2,25,31)(H,26,27,29)/t16-/m0/s1. The van der Waals surface area contributed by atoms with Crippen LogP contribution in [-0.4, -0.2) is 69.8 Å². The van der Waals surface area contributed by atoms with Gasteiger partial charge in [0.15, 0.2) is 5.82 Å². The van der Waals surface area contributed by atoms with Crippen molar-refractivity contribution >= 4 is 28.9 Å². The SMILES string of the molecule is CC(C)(C)OC(=O)N1CCC[C@H](Nc2ncnc3c(C(N)=O)cc(CC4CCOCC4)nc23)C1. The molecule has 4 heterocycles. The van der Waals surface area contributed by atoms with Gasteiger partial charge in [0.05, 0.1) is 5.56 Å². The Kier molecular flexibility index (Phi) is 7.16. The van der Waals surface area contributed by atoms with Crippen LogP contribution in [0.2, 0.25) is 0 Å². The molecule has 1 atom stereocenters. The number of hydrogen-bond donors (Lipinski definition) is 2. The fourth-order valence-electron chi connectivity index (χ4n) is 4.52. The molecule has 34 heavy (non-hydrogen) atoms. The Bertz CT molecular complexity index is 1050. The van der Waals surface area contributed by atoms with E-state index >= 15 is 0 Å². The van der Waals surface area contributed by atoms with Gasteiger partial charge >= 0.3 is 6.09 Å². The molecule has 10 nitrogen and oxygen atoms in total. The smallest absolute Gasteiger partial charge is 0.410 e. The number of fused-ring (bicyclic) bond motifs is 1. The number of ether oxygens (including phenoxy) is 2. The van der Waals surface area contributed by atoms with Crippen LogP contribution in [0.25, 0.3) is 11.0 Å². The Labute approximate surface area is 199 Å². The van der Waals surface area contributed by atoms with Crippen molar-refractivity contribution in [1.82, 2.24) is 19.9 Å². The number of likely N-dealkylation sites (tertiary alicyclic amines) is 1. The molecule has 0 radical (unpaired) electrons. The minimum absolute atomic E-state index is 0.0302. The van der Waals surface area contributed by atoms with Gasteiger partial charge in [-0.25, -0.2) is 19.7 Å². The van der Waals surface area contributed by atoms with Gasteiger partial charge in [0.1, 0.15) is 23.0 Å². The fourth-order valence-corrected chi connectivity index (χ4v) is 4.52. The van der Waals surface area contributed by atoms with Gasteiger partial charge in [-0.3, -0.25) is 4.79 Å². The van der Waals surface area contributed by atoms with E-state index in [1.54, 1.807) is 11.0 Å². The summed E-state index contributed by atoms with van der Waals surface area (Å²) in [6.07, 6.45) is 5.47. The number of carbonyl (C=O) groups excluding carboxylic acids is 2. The zero-order valence-electron chi connectivity index (χ0n) is 20.2. The molecule has 2 fully saturated rings. The number of amides is 2. The first kappa shape index (κ1) is 24.1. The number of nitrogens with one attached hydrogen (secondary N) is 1. The molecule has 2 saturated heterocycles. The van der Waals surface area contributed by atoms with E-state index in [0.29, 0.717) is 41.4 Å². The summed E-state index contributed by atoms with van der Waals surface area (Å²) in [5.74, 6) is 0.442. The van der Waals surface area contributed by atoms with Crippen LogP contribution in [0.4, 0.5) is 10.6 Å². The normalized spacial score (nSPS) is 19.7. The van der Waals surface area contributed by atoms with E-state index in [-0.39, 0.29) is 12.1 Å². The second-order valence-corrected chi connectivity index (χ2v) is 10.1. The van der Waals surface area contributed by atoms with Crippen molar-refractivity contribution in [2.45, 2.75) is 64.5 Å². The Morgan fingerprint density at radius 2 is 1.97 bits per heavy atom. The quantitative estimate of drug-likeness (QED) is 0.682. The summed E-state index contributed by atoms with van der Waals surface area (Å²) in [6, 6.07) is 1.72. The van der Waals surface area contributed by atoms with Gasteiger partial charge < -0.3 is 25.4 Å². The minimum Gasteiger partial charge on any atom is -0.444 e. The summed E-state index contributed by atoms with van der Waals surface area (Å²) >= 11 is 0. The van der Waals surface area contributed by atoms with Crippen LogP contribution < -0.4 is 11.1 Å². The Morgan fingerprint density at radius 1 is 1.21 bits per heavy atom. The lowest BCUT2D eigenvalue weighted by Gasteiger charge is -2.34. The topological polar surface area (TPSA) is 133 Å². The fraction of sp³-hybridized carbons (Fsp3) is 0.625. The van der Waals surface area contributed by atoms with Crippen molar-refractivity contribution in [2.24, 2.45) is 11.7 Å². The monoisotopic (exact) mass is 470 g/mol. The molecule has 2 amide bonds. The summed E-state index contributed by atoms with van der Waals surface area (Å²) in [5.41, 5.74) is 7.24. The van der Waals surface area contributed by atoms with Crippen molar-refractivity contribution in [2.75, 3.05) is 31.6 Å². The first-order valence-electron chi connectivity index (χ1n) is 12.0. The lowest BCUT2D eigenvalue weighted by molar-refractivity contribution is 0.0206. The van der Waals surface area contributed by atoms with Crippen LogP contribution in [0.15, 0.2) is 12.4 Å². The lowest BCUT2D eigenvalue weighted by Crippen LogP contribution is -2.47. The average Bonchev–Trinajstić information content (AvgIpc) is 2.79. The first-order valence-corrected chi connectivity index (χ1v) is 12.0. The third kappa shape index (κ3) is 5.91. The maximum absolute atomic E-state index is 12.6. The van der Waals surface area contributed by atoms with E-state index < -0.39 is 11.5 Å². The third-order valence-corrected chi connectivity index (χ3v) is 6.16. The van der Waals surface area contributed by atoms with Crippen LogP contribution >= 0.6 is 0 Å². The highest BCUT2D eigenvalue weighted by Gasteiger charge is 2.28. The van der Waals surface area contributed by atoms with Crippen molar-refractivity contribution in [3.05, 3.63) is 23.7 Å². The highest BCUT2D eigenvalue weighted by molar-refractivity contribution is 6.05. The lowest BCUT2D eigenvalue weighted by atomic mass is 9.94. The number of nitrogens with zero attached hydrogens (tertiary/aromatic N) is 4. The highest BCUT2D eigenvalue weighted by Crippen LogP contribution is 2.27. The van der Waals surface area contributed by atoms with Crippen molar-refractivity contribution in [1.29, 1.82) is 0 Å². The number of aromatic nitrogens is 3. The first-order chi connectivity index (χ1) is 16.2. The maximum atomic E-state index is 12.6. The van der Waals surface area contributed by atoms with E-state index in [9.17, 15) is 9.59 Å². The number of rotatable bonds is 5. The Hall–Kier alpha value is -3.01. The van der Waals surface area contributed by atoms with E-state index in [1.807, 2.05) is 20.8 Å². The molecule has 2 aliphatic rings. The minimum atomic E-state index is -0.545. The molecule has 0 aromatic carbocycles. The van der Waals surface area contributed by atoms with E-state index in [1.165, 1.54) is 6.33 Å². The van der Waals surface area contributed by atoms with Gasteiger partial charge in [-0.05, 0) is 64.9 Å². The van der Waals surface area contributed by atoms with Gasteiger partial charge in [0.2, 0.25) is 0 Å². The van der Waals surface area contributed by atoms with E-state index in [0.717, 1.165) is 51.0 Å². The van der Waals surface area contributed by atoms with Crippen LogP contribution in [0.1, 0.15) is 62.5 Å². The number of nitrogens with two attached hydrogens (primary N) is 1. The predicted molar refractivity (Wildman–Crippen MR) is 128 cm³/mol. The van der Waals surface area contributed by atoms with Gasteiger partial charge in [-0.1, -0.05) is 0 Å². The molecule has 184 valence electrons. The van der Waals surface area contributed by atoms with E-state index in [2.05, 4.69) is 15.3 Å². The third-order valence-electron chi connectivity index (χ3n) is 6.16. The molecule has 2 aliphatic heterocycles. The maximum Gasteiger partial charge on any atom is 0.410 e. The molecule has 0 bridgehead atoms. The predicted octanol–water partition coefficient (Wildman–Crippen LogP) is 2.90. The summed E-state index contributed by atoms with van der Waals surface area (Å²) in [4.78, 5) is 40.1. The number of piperidine rings is 1. The molecule has 10 heteroatoms. The molecular weight excluding hydrogens is 436 g/mol. The Balaban J connectivity index is 1.58. The molecular formula is C24H34N6O4. The Morgan fingerprint density at radius 3 is 2.68 bits per heavy atom. The molecule has 0 unspecified atom stereocenters. The number of carbonyl (C=O) groups is 2. The molecule has 2 aromatic heterocycles. The second kappa shape index (κ2) is 10.1. The van der Waals surface area contributed by atoms with Crippen LogP contribution in [0.5, 0.6) is 0 Å². The summed E-state index contributed by atoms with van der Waals surface area (Å²) < 4.78 is 11.0. The summed E-state index contributed by atoms with van der Waals surface area (Å²) in [7, 11) is 0. The molecule has 4 rings (SSSR count). The van der Waals surface area contributed by atoms with Crippen LogP contribution in [-0.2, 0) is 15.9 Å². The summed E-state index contributed by atoms with van der Waals surface area (Å²) in [5, 5.41) is 3.43. The van der Waals surface area contributed by atoms with Gasteiger partial charge in [0.25, 0.3) is 5.91 Å². The molecule has 0 saturated carbocycles. The number of primary amides is 1. The zero-order chi connectivity index (χ0) is 24.3. The van der Waals surface area contributed by atoms with Gasteiger partial charge in [-0.2, -0.15) is 0 Å². The van der Waals surface area contributed by atoms with Crippen molar-refractivity contribution < 1.29 is 19.1 Å².